The molecule has 0 amide bonds. The maximum atomic E-state index is 12.9. The first kappa shape index (κ1) is 19.3. The molecule has 0 saturated heterocycles. The van der Waals surface area contributed by atoms with Crippen molar-refractivity contribution in [2.45, 2.75) is 44.1 Å². The molecule has 0 heterocycles. The molecule has 0 aliphatic heterocycles. The van der Waals surface area contributed by atoms with Gasteiger partial charge in [-0.3, -0.25) is 4.79 Å². The summed E-state index contributed by atoms with van der Waals surface area (Å²) in [6.07, 6.45) is 5.37. The van der Waals surface area contributed by atoms with E-state index in [-0.39, 0.29) is 5.78 Å². The molecule has 0 bridgehead atoms. The maximum Gasteiger partial charge on any atom is 0.167 e. The molecule has 0 radical (unpaired) electrons. The van der Waals surface area contributed by atoms with Crippen LogP contribution in [-0.4, -0.2) is 18.4 Å². The number of ketones is 1. The molecule has 152 valence electrons. The van der Waals surface area contributed by atoms with Crippen molar-refractivity contribution in [3.05, 3.63) is 107 Å². The number of benzene rings is 3. The molecular formula is C28H29NO. The van der Waals surface area contributed by atoms with Crippen molar-refractivity contribution in [2.75, 3.05) is 6.54 Å². The van der Waals surface area contributed by atoms with Crippen LogP contribution in [0, 0.1) is 5.92 Å². The fourth-order valence-corrected chi connectivity index (χ4v) is 4.27. The molecule has 30 heavy (non-hydrogen) atoms. The minimum absolute atomic E-state index is 0.204. The topological polar surface area (TPSA) is 29.1 Å². The quantitative estimate of drug-likeness (QED) is 0.481. The number of carbonyl (C=O) groups excluding carboxylic acids is 1. The zero-order valence-electron chi connectivity index (χ0n) is 17.4. The normalized spacial score (nSPS) is 20.1. The summed E-state index contributed by atoms with van der Waals surface area (Å²) in [5, 5.41) is 3.69. The van der Waals surface area contributed by atoms with Gasteiger partial charge in [-0.2, -0.15) is 0 Å². The highest BCUT2D eigenvalue weighted by molar-refractivity contribution is 5.97. The Hall–Kier alpha value is -2.71. The first-order valence-corrected chi connectivity index (χ1v) is 11.2. The summed E-state index contributed by atoms with van der Waals surface area (Å²) < 4.78 is 0. The number of hydrogen-bond acceptors (Lipinski definition) is 2. The molecule has 1 N–H and O–H groups in total. The first-order chi connectivity index (χ1) is 14.7. The molecule has 5 rings (SSSR count). The molecule has 2 nitrogen and oxygen atoms in total. The number of hydrogen-bond donors (Lipinski definition) is 1. The van der Waals surface area contributed by atoms with Gasteiger partial charge in [-0.05, 0) is 66.5 Å². The Morgan fingerprint density at radius 3 is 2.33 bits per heavy atom. The van der Waals surface area contributed by atoms with Crippen LogP contribution < -0.4 is 5.32 Å². The molecule has 0 aromatic heterocycles. The Morgan fingerprint density at radius 2 is 1.57 bits per heavy atom. The van der Waals surface area contributed by atoms with E-state index in [9.17, 15) is 4.79 Å². The lowest BCUT2D eigenvalue weighted by Crippen LogP contribution is -2.20. The summed E-state index contributed by atoms with van der Waals surface area (Å²) in [5.74, 6) is 1.70. The zero-order valence-corrected chi connectivity index (χ0v) is 17.4. The van der Waals surface area contributed by atoms with E-state index in [1.807, 2.05) is 18.2 Å². The molecule has 2 aliphatic rings. The fraction of sp³-hybridized carbons (Fsp3) is 0.321. The summed E-state index contributed by atoms with van der Waals surface area (Å²) in [6.45, 7) is 1.17. The lowest BCUT2D eigenvalue weighted by Gasteiger charge is -2.07. The van der Waals surface area contributed by atoms with Gasteiger partial charge in [-0.1, -0.05) is 72.8 Å². The van der Waals surface area contributed by atoms with Crippen molar-refractivity contribution < 1.29 is 4.79 Å². The molecule has 0 spiro atoms. The van der Waals surface area contributed by atoms with Crippen LogP contribution in [0.5, 0.6) is 0 Å². The third kappa shape index (κ3) is 4.88. The summed E-state index contributed by atoms with van der Waals surface area (Å²) >= 11 is 0. The van der Waals surface area contributed by atoms with E-state index in [0.717, 1.165) is 23.5 Å². The lowest BCUT2D eigenvalue weighted by atomic mass is 9.98. The van der Waals surface area contributed by atoms with Crippen LogP contribution in [0.2, 0.25) is 0 Å². The van der Waals surface area contributed by atoms with E-state index in [4.69, 9.17) is 0 Å². The average Bonchev–Trinajstić information content (AvgIpc) is 3.69. The summed E-state index contributed by atoms with van der Waals surface area (Å²) in [4.78, 5) is 12.9. The van der Waals surface area contributed by atoms with Crippen LogP contribution >= 0.6 is 0 Å². The molecule has 2 atom stereocenters. The van der Waals surface area contributed by atoms with Crippen LogP contribution in [-0.2, 0) is 12.8 Å². The van der Waals surface area contributed by atoms with Gasteiger partial charge < -0.3 is 5.32 Å². The van der Waals surface area contributed by atoms with Gasteiger partial charge in [-0.15, -0.1) is 0 Å². The zero-order chi connectivity index (χ0) is 20.3. The second-order valence-electron chi connectivity index (χ2n) is 9.00. The van der Waals surface area contributed by atoms with Crippen LogP contribution in [0.4, 0.5) is 0 Å². The molecule has 2 saturated carbocycles. The number of rotatable bonds is 9. The monoisotopic (exact) mass is 395 g/mol. The van der Waals surface area contributed by atoms with Crippen LogP contribution in [0.1, 0.15) is 57.8 Å². The van der Waals surface area contributed by atoms with Gasteiger partial charge in [0.25, 0.3) is 0 Å². The maximum absolute atomic E-state index is 12.9. The largest absolute Gasteiger partial charge is 0.313 e. The van der Waals surface area contributed by atoms with E-state index in [2.05, 4.69) is 66.0 Å². The minimum atomic E-state index is 0.204. The van der Waals surface area contributed by atoms with Crippen molar-refractivity contribution in [1.82, 2.24) is 5.32 Å². The average molecular weight is 396 g/mol. The molecule has 3 aromatic rings. The third-order valence-electron chi connectivity index (χ3n) is 6.43. The van der Waals surface area contributed by atoms with Gasteiger partial charge in [-0.25, -0.2) is 0 Å². The predicted octanol–water partition coefficient (Wildman–Crippen LogP) is 5.56. The van der Waals surface area contributed by atoms with Crippen molar-refractivity contribution >= 4 is 5.78 Å². The highest BCUT2D eigenvalue weighted by atomic mass is 16.1. The molecule has 2 fully saturated rings. The van der Waals surface area contributed by atoms with Gasteiger partial charge in [0.1, 0.15) is 0 Å². The van der Waals surface area contributed by atoms with Gasteiger partial charge in [0.2, 0.25) is 0 Å². The minimum Gasteiger partial charge on any atom is -0.313 e. The number of Topliss-reactive ketones (excluding diaryl/α,β-unsaturated/α-hetero) is 1. The van der Waals surface area contributed by atoms with Crippen LogP contribution in [0.15, 0.2) is 78.9 Å². The molecular weight excluding hydrogens is 366 g/mol. The molecule has 3 aromatic carbocycles. The summed E-state index contributed by atoms with van der Waals surface area (Å²) in [5.41, 5.74) is 5.82. The molecule has 2 aliphatic carbocycles. The Morgan fingerprint density at radius 1 is 0.833 bits per heavy atom. The van der Waals surface area contributed by atoms with Crippen molar-refractivity contribution in [3.8, 4) is 0 Å². The highest BCUT2D eigenvalue weighted by Gasteiger charge is 2.39. The van der Waals surface area contributed by atoms with Gasteiger partial charge in [0.15, 0.2) is 5.78 Å². The van der Waals surface area contributed by atoms with Crippen LogP contribution in [0.3, 0.4) is 0 Å². The number of nitrogens with one attached hydrogen (secondary N) is 1. The van der Waals surface area contributed by atoms with Crippen molar-refractivity contribution in [1.29, 1.82) is 0 Å². The fourth-order valence-electron chi connectivity index (χ4n) is 4.27. The van der Waals surface area contributed by atoms with Crippen molar-refractivity contribution in [2.24, 2.45) is 5.92 Å². The third-order valence-corrected chi connectivity index (χ3v) is 6.43. The van der Waals surface area contributed by atoms with Gasteiger partial charge in [0.05, 0.1) is 0 Å². The SMILES string of the molecule is O=C(Cc1ccc(Cc2ccccc2)cc1)c1cccc(C2CC2NCC2CC2)c1. The van der Waals surface area contributed by atoms with Gasteiger partial charge >= 0.3 is 0 Å². The Labute approximate surface area is 179 Å². The Kier molecular flexibility index (Phi) is 5.50. The van der Waals surface area contributed by atoms with E-state index < -0.39 is 0 Å². The molecule has 2 unspecified atom stereocenters. The second kappa shape index (κ2) is 8.57. The Balaban J connectivity index is 1.18. The second-order valence-corrected chi connectivity index (χ2v) is 9.00. The van der Waals surface area contributed by atoms with E-state index in [1.165, 1.54) is 42.5 Å². The smallest absolute Gasteiger partial charge is 0.167 e. The van der Waals surface area contributed by atoms with Gasteiger partial charge in [0, 0.05) is 23.9 Å². The van der Waals surface area contributed by atoms with E-state index >= 15 is 0 Å². The summed E-state index contributed by atoms with van der Waals surface area (Å²) in [7, 11) is 0. The van der Waals surface area contributed by atoms with E-state index in [0.29, 0.717) is 18.4 Å². The van der Waals surface area contributed by atoms with Crippen molar-refractivity contribution in [3.63, 3.8) is 0 Å². The lowest BCUT2D eigenvalue weighted by molar-refractivity contribution is 0.0993. The summed E-state index contributed by atoms with van der Waals surface area (Å²) in [6, 6.07) is 27.9. The predicted molar refractivity (Wildman–Crippen MR) is 122 cm³/mol. The molecule has 2 heteroatoms. The highest BCUT2D eigenvalue weighted by Crippen LogP contribution is 2.42. The number of carbonyl (C=O) groups is 1. The Bertz CT molecular complexity index is 1000. The van der Waals surface area contributed by atoms with Crippen LogP contribution in [0.25, 0.3) is 0 Å². The van der Waals surface area contributed by atoms with E-state index in [1.54, 1.807) is 0 Å². The standard InChI is InChI=1S/C28H29NO/c30-28(16-22-11-9-21(10-12-22)15-20-5-2-1-3-6-20)25-8-4-7-24(17-25)26-18-27(26)29-19-23-13-14-23/h1-12,17,23,26-27,29H,13-16,18-19H2. The first-order valence-electron chi connectivity index (χ1n) is 11.2.